The number of nitrogens with zero attached hydrogens (tertiary/aromatic N) is 1. The van der Waals surface area contributed by atoms with E-state index < -0.39 is 12.8 Å². The molecule has 0 radical (unpaired) electrons. The number of alkyl halides is 3. The maximum absolute atomic E-state index is 11.8. The van der Waals surface area contributed by atoms with E-state index in [1.165, 1.54) is 0 Å². The molecule has 1 aromatic rings. The van der Waals surface area contributed by atoms with Crippen molar-refractivity contribution in [3.8, 4) is 0 Å². The molecule has 0 bridgehead atoms. The number of hydrogen-bond donors (Lipinski definition) is 2. The van der Waals surface area contributed by atoms with Crippen LogP contribution in [0.25, 0.3) is 0 Å². The van der Waals surface area contributed by atoms with E-state index in [-0.39, 0.29) is 19.1 Å². The van der Waals surface area contributed by atoms with E-state index in [4.69, 9.17) is 5.73 Å². The zero-order valence-electron chi connectivity index (χ0n) is 10.5. The number of ether oxygens (including phenoxy) is 1. The molecule has 19 heavy (non-hydrogen) atoms. The summed E-state index contributed by atoms with van der Waals surface area (Å²) in [5, 5.41) is 2.84. The highest BCUT2D eigenvalue weighted by Gasteiger charge is 2.27. The van der Waals surface area contributed by atoms with Crippen LogP contribution in [-0.2, 0) is 4.74 Å². The van der Waals surface area contributed by atoms with Crippen molar-refractivity contribution >= 4 is 11.6 Å². The van der Waals surface area contributed by atoms with Gasteiger partial charge in [0.15, 0.2) is 5.96 Å². The summed E-state index contributed by atoms with van der Waals surface area (Å²) in [7, 11) is 0. The van der Waals surface area contributed by atoms with Crippen LogP contribution in [0, 0.1) is 6.92 Å². The molecule has 0 saturated heterocycles. The largest absolute Gasteiger partial charge is 0.411 e. The van der Waals surface area contributed by atoms with E-state index in [0.29, 0.717) is 0 Å². The van der Waals surface area contributed by atoms with Crippen molar-refractivity contribution in [1.29, 1.82) is 0 Å². The van der Waals surface area contributed by atoms with Crippen LogP contribution in [0.1, 0.15) is 5.56 Å². The van der Waals surface area contributed by atoms with E-state index in [0.717, 1.165) is 11.3 Å². The molecule has 3 N–H and O–H groups in total. The second-order valence-electron chi connectivity index (χ2n) is 3.93. The summed E-state index contributed by atoms with van der Waals surface area (Å²) in [4.78, 5) is 3.86. The fourth-order valence-electron chi connectivity index (χ4n) is 1.33. The molecule has 0 aliphatic heterocycles. The summed E-state index contributed by atoms with van der Waals surface area (Å²) in [6, 6.07) is 7.49. The first-order valence-corrected chi connectivity index (χ1v) is 5.65. The summed E-state index contributed by atoms with van der Waals surface area (Å²) < 4.78 is 39.7. The molecule has 0 unspecified atom stereocenters. The highest BCUT2D eigenvalue weighted by Crippen LogP contribution is 2.14. The van der Waals surface area contributed by atoms with Gasteiger partial charge in [-0.25, -0.2) is 0 Å². The van der Waals surface area contributed by atoms with Crippen molar-refractivity contribution in [1.82, 2.24) is 0 Å². The molecule has 1 aromatic carbocycles. The SMILES string of the molecule is Cc1cccc(NC(N)=NCCOCC(F)(F)F)c1. The Hall–Kier alpha value is -1.76. The molecule has 0 aliphatic rings. The molecule has 4 nitrogen and oxygen atoms in total. The predicted octanol–water partition coefficient (Wildman–Crippen LogP) is 2.30. The molecule has 0 atom stereocenters. The first-order chi connectivity index (χ1) is 8.87. The van der Waals surface area contributed by atoms with Gasteiger partial charge < -0.3 is 15.8 Å². The maximum atomic E-state index is 11.8. The molecule has 0 heterocycles. The van der Waals surface area contributed by atoms with Crippen LogP contribution in [0.15, 0.2) is 29.3 Å². The molecule has 0 amide bonds. The van der Waals surface area contributed by atoms with Crippen LogP contribution in [0.2, 0.25) is 0 Å². The molecule has 0 fully saturated rings. The standard InChI is InChI=1S/C12H16F3N3O/c1-9-3-2-4-10(7-9)18-11(16)17-5-6-19-8-12(13,14)15/h2-4,7H,5-6,8H2,1H3,(H3,16,17,18). The molecule has 106 valence electrons. The van der Waals surface area contributed by atoms with Gasteiger partial charge in [0, 0.05) is 5.69 Å². The van der Waals surface area contributed by atoms with Crippen LogP contribution in [0.3, 0.4) is 0 Å². The fourth-order valence-corrected chi connectivity index (χ4v) is 1.33. The third kappa shape index (κ3) is 7.30. The third-order valence-electron chi connectivity index (χ3n) is 2.07. The number of anilines is 1. The van der Waals surface area contributed by atoms with Gasteiger partial charge in [0.1, 0.15) is 6.61 Å². The molecular weight excluding hydrogens is 259 g/mol. The molecule has 7 heteroatoms. The lowest BCUT2D eigenvalue weighted by Gasteiger charge is -2.07. The quantitative estimate of drug-likeness (QED) is 0.492. The topological polar surface area (TPSA) is 59.6 Å². The predicted molar refractivity (Wildman–Crippen MR) is 68.2 cm³/mol. The number of guanidine groups is 1. The van der Waals surface area contributed by atoms with E-state index in [2.05, 4.69) is 15.0 Å². The zero-order valence-corrected chi connectivity index (χ0v) is 10.5. The Morgan fingerprint density at radius 3 is 2.79 bits per heavy atom. The van der Waals surface area contributed by atoms with E-state index in [1.807, 2.05) is 31.2 Å². The number of nitrogens with one attached hydrogen (secondary N) is 1. The van der Waals surface area contributed by atoms with Gasteiger partial charge in [0.05, 0.1) is 13.2 Å². The summed E-state index contributed by atoms with van der Waals surface area (Å²) in [5.74, 6) is 0.140. The summed E-state index contributed by atoms with van der Waals surface area (Å²) in [6.07, 6.45) is -4.31. The average Bonchev–Trinajstić information content (AvgIpc) is 2.26. The smallest absolute Gasteiger partial charge is 0.370 e. The molecule has 0 aliphatic carbocycles. The normalized spacial score (nSPS) is 12.5. The fraction of sp³-hybridized carbons (Fsp3) is 0.417. The van der Waals surface area contributed by atoms with Crippen molar-refractivity contribution in [2.24, 2.45) is 10.7 Å². The van der Waals surface area contributed by atoms with Gasteiger partial charge >= 0.3 is 6.18 Å². The van der Waals surface area contributed by atoms with E-state index in [1.54, 1.807) is 0 Å². The third-order valence-corrected chi connectivity index (χ3v) is 2.07. The number of aliphatic imine (C=N–C) groups is 1. The Kier molecular flexibility index (Phi) is 5.62. The lowest BCUT2D eigenvalue weighted by molar-refractivity contribution is -0.173. The van der Waals surface area contributed by atoms with Crippen molar-refractivity contribution in [2.45, 2.75) is 13.1 Å². The highest BCUT2D eigenvalue weighted by molar-refractivity contribution is 5.92. The molecule has 0 saturated carbocycles. The van der Waals surface area contributed by atoms with Gasteiger partial charge in [-0.05, 0) is 24.6 Å². The van der Waals surface area contributed by atoms with Crippen LogP contribution in [0.4, 0.5) is 18.9 Å². The zero-order chi connectivity index (χ0) is 14.3. The van der Waals surface area contributed by atoms with Gasteiger partial charge in [0.25, 0.3) is 0 Å². The van der Waals surface area contributed by atoms with Gasteiger partial charge in [-0.1, -0.05) is 12.1 Å². The average molecular weight is 275 g/mol. The number of benzene rings is 1. The minimum Gasteiger partial charge on any atom is -0.370 e. The van der Waals surface area contributed by atoms with Gasteiger partial charge in [0.2, 0.25) is 0 Å². The summed E-state index contributed by atoms with van der Waals surface area (Å²) >= 11 is 0. The Bertz CT molecular complexity index is 432. The van der Waals surface area contributed by atoms with Gasteiger partial charge in [-0.2, -0.15) is 13.2 Å². The molecule has 0 aromatic heterocycles. The van der Waals surface area contributed by atoms with Crippen LogP contribution >= 0.6 is 0 Å². The minimum atomic E-state index is -4.31. The number of rotatable bonds is 5. The molecule has 0 spiro atoms. The molecule has 1 rings (SSSR count). The van der Waals surface area contributed by atoms with Crippen LogP contribution in [0.5, 0.6) is 0 Å². The number of hydrogen-bond acceptors (Lipinski definition) is 2. The van der Waals surface area contributed by atoms with Crippen LogP contribution < -0.4 is 11.1 Å². The first-order valence-electron chi connectivity index (χ1n) is 5.65. The van der Waals surface area contributed by atoms with Crippen molar-refractivity contribution in [2.75, 3.05) is 25.1 Å². The van der Waals surface area contributed by atoms with Crippen LogP contribution in [-0.4, -0.2) is 31.9 Å². The first kappa shape index (κ1) is 15.3. The number of halogens is 3. The van der Waals surface area contributed by atoms with E-state index >= 15 is 0 Å². The van der Waals surface area contributed by atoms with Crippen molar-refractivity contribution in [3.05, 3.63) is 29.8 Å². The Morgan fingerprint density at radius 1 is 1.42 bits per heavy atom. The van der Waals surface area contributed by atoms with Crippen molar-refractivity contribution < 1.29 is 17.9 Å². The second-order valence-corrected chi connectivity index (χ2v) is 3.93. The number of nitrogens with two attached hydrogens (primary N) is 1. The summed E-state index contributed by atoms with van der Waals surface area (Å²) in [6.45, 7) is 0.605. The lowest BCUT2D eigenvalue weighted by Crippen LogP contribution is -2.24. The maximum Gasteiger partial charge on any atom is 0.411 e. The highest BCUT2D eigenvalue weighted by atomic mass is 19.4. The monoisotopic (exact) mass is 275 g/mol. The van der Waals surface area contributed by atoms with E-state index in [9.17, 15) is 13.2 Å². The Morgan fingerprint density at radius 2 is 2.16 bits per heavy atom. The Labute approximate surface area is 109 Å². The minimum absolute atomic E-state index is 0.0702. The second kappa shape index (κ2) is 6.98. The van der Waals surface area contributed by atoms with Gasteiger partial charge in [-0.3, -0.25) is 4.99 Å². The summed E-state index contributed by atoms with van der Waals surface area (Å²) in [5.41, 5.74) is 7.42. The van der Waals surface area contributed by atoms with Gasteiger partial charge in [-0.15, -0.1) is 0 Å². The lowest BCUT2D eigenvalue weighted by atomic mass is 10.2. The number of aryl methyl sites for hydroxylation is 1. The Balaban J connectivity index is 2.30. The molecular formula is C12H16F3N3O. The van der Waals surface area contributed by atoms with Crippen molar-refractivity contribution in [3.63, 3.8) is 0 Å².